The van der Waals surface area contributed by atoms with Crippen LogP contribution in [0, 0.1) is 5.82 Å². The third-order valence-electron chi connectivity index (χ3n) is 3.00. The van der Waals surface area contributed by atoms with Crippen LogP contribution in [0.15, 0.2) is 34.9 Å². The van der Waals surface area contributed by atoms with E-state index in [1.807, 2.05) is 26.2 Å². The summed E-state index contributed by atoms with van der Waals surface area (Å²) in [6, 6.07) is 7.14. The van der Waals surface area contributed by atoms with Gasteiger partial charge in [0.05, 0.1) is 11.7 Å². The summed E-state index contributed by atoms with van der Waals surface area (Å²) in [4.78, 5) is 0. The smallest absolute Gasteiger partial charge is 0.127 e. The van der Waals surface area contributed by atoms with Crippen molar-refractivity contribution >= 4 is 15.9 Å². The molecular formula is C13H15BrFN3. The highest BCUT2D eigenvalue weighted by Crippen LogP contribution is 2.21. The molecule has 0 radical (unpaired) electrons. The van der Waals surface area contributed by atoms with Gasteiger partial charge in [0.1, 0.15) is 5.82 Å². The van der Waals surface area contributed by atoms with E-state index < -0.39 is 0 Å². The Hall–Kier alpha value is -1.20. The van der Waals surface area contributed by atoms with Crippen LogP contribution < -0.4 is 5.32 Å². The molecule has 1 aromatic carbocycles. The van der Waals surface area contributed by atoms with E-state index in [4.69, 9.17) is 0 Å². The highest BCUT2D eigenvalue weighted by Gasteiger charge is 2.15. The zero-order chi connectivity index (χ0) is 13.1. The second kappa shape index (κ2) is 5.63. The van der Waals surface area contributed by atoms with E-state index in [1.54, 1.807) is 16.9 Å². The van der Waals surface area contributed by atoms with Gasteiger partial charge in [0.25, 0.3) is 0 Å². The number of aryl methyl sites for hydroxylation is 1. The molecule has 2 aromatic rings. The highest BCUT2D eigenvalue weighted by molar-refractivity contribution is 9.10. The van der Waals surface area contributed by atoms with Crippen LogP contribution in [0.4, 0.5) is 4.39 Å². The molecule has 0 fully saturated rings. The van der Waals surface area contributed by atoms with Gasteiger partial charge in [-0.15, -0.1) is 0 Å². The maximum Gasteiger partial charge on any atom is 0.127 e. The van der Waals surface area contributed by atoms with Crippen LogP contribution in [-0.4, -0.2) is 16.8 Å². The number of nitrogens with one attached hydrogen (secondary N) is 1. The highest BCUT2D eigenvalue weighted by atomic mass is 79.9. The second-order valence-corrected chi connectivity index (χ2v) is 5.08. The summed E-state index contributed by atoms with van der Waals surface area (Å²) >= 11 is 3.26. The van der Waals surface area contributed by atoms with E-state index in [0.717, 1.165) is 10.2 Å². The summed E-state index contributed by atoms with van der Waals surface area (Å²) in [5, 5.41) is 7.34. The number of hydrogen-bond donors (Lipinski definition) is 1. The largest absolute Gasteiger partial charge is 0.311 e. The van der Waals surface area contributed by atoms with E-state index in [-0.39, 0.29) is 11.9 Å². The summed E-state index contributed by atoms with van der Waals surface area (Å²) in [5.74, 6) is -0.188. The molecule has 0 aliphatic rings. The van der Waals surface area contributed by atoms with Gasteiger partial charge in [-0.2, -0.15) is 5.10 Å². The molecule has 0 amide bonds. The molecule has 0 spiro atoms. The molecule has 0 aliphatic heterocycles. The van der Waals surface area contributed by atoms with E-state index in [9.17, 15) is 4.39 Å². The van der Waals surface area contributed by atoms with Crippen molar-refractivity contribution < 1.29 is 4.39 Å². The number of benzene rings is 1. The molecule has 0 saturated carbocycles. The number of likely N-dealkylation sites (N-methyl/N-ethyl adjacent to an activating group) is 1. The van der Waals surface area contributed by atoms with E-state index >= 15 is 0 Å². The zero-order valence-electron chi connectivity index (χ0n) is 10.3. The van der Waals surface area contributed by atoms with Crippen LogP contribution in [0.1, 0.15) is 17.3 Å². The first-order valence-corrected chi connectivity index (χ1v) is 6.50. The maximum atomic E-state index is 13.8. The molecule has 1 atom stereocenters. The number of halogens is 2. The van der Waals surface area contributed by atoms with Gasteiger partial charge >= 0.3 is 0 Å². The minimum Gasteiger partial charge on any atom is -0.311 e. The van der Waals surface area contributed by atoms with Gasteiger partial charge < -0.3 is 5.32 Å². The monoisotopic (exact) mass is 311 g/mol. The fraction of sp³-hybridized carbons (Fsp3) is 0.308. The second-order valence-electron chi connectivity index (χ2n) is 4.16. The molecule has 1 N–H and O–H groups in total. The number of nitrogens with zero attached hydrogens (tertiary/aromatic N) is 2. The van der Waals surface area contributed by atoms with Crippen LogP contribution in [0.25, 0.3) is 0 Å². The number of aromatic nitrogens is 2. The van der Waals surface area contributed by atoms with Gasteiger partial charge in [-0.25, -0.2) is 4.39 Å². The molecule has 0 bridgehead atoms. The Morgan fingerprint density at radius 2 is 2.22 bits per heavy atom. The van der Waals surface area contributed by atoms with E-state index in [2.05, 4.69) is 26.3 Å². The molecule has 2 rings (SSSR count). The molecular weight excluding hydrogens is 297 g/mol. The molecule has 3 nitrogen and oxygen atoms in total. The van der Waals surface area contributed by atoms with Crippen molar-refractivity contribution in [3.05, 3.63) is 52.0 Å². The first-order valence-electron chi connectivity index (χ1n) is 5.71. The first kappa shape index (κ1) is 13.2. The third kappa shape index (κ3) is 2.79. The van der Waals surface area contributed by atoms with E-state index in [0.29, 0.717) is 12.0 Å². The lowest BCUT2D eigenvalue weighted by atomic mass is 10.0. The molecule has 5 heteroatoms. The fourth-order valence-electron chi connectivity index (χ4n) is 1.99. The van der Waals surface area contributed by atoms with Crippen molar-refractivity contribution in [1.29, 1.82) is 0 Å². The fourth-order valence-corrected chi connectivity index (χ4v) is 2.32. The van der Waals surface area contributed by atoms with Crippen LogP contribution in [-0.2, 0) is 13.5 Å². The van der Waals surface area contributed by atoms with Gasteiger partial charge in [0, 0.05) is 17.7 Å². The maximum absolute atomic E-state index is 13.8. The lowest BCUT2D eigenvalue weighted by Crippen LogP contribution is -2.22. The van der Waals surface area contributed by atoms with Crippen LogP contribution in [0.5, 0.6) is 0 Å². The predicted octanol–water partition coefficient (Wildman–Crippen LogP) is 2.82. The normalized spacial score (nSPS) is 12.7. The minimum atomic E-state index is -0.188. The molecule has 1 unspecified atom stereocenters. The minimum absolute atomic E-state index is 0.0492. The van der Waals surface area contributed by atoms with Crippen LogP contribution in [0.2, 0.25) is 0 Å². The van der Waals surface area contributed by atoms with Gasteiger partial charge in [0.2, 0.25) is 0 Å². The molecule has 96 valence electrons. The van der Waals surface area contributed by atoms with Crippen LogP contribution in [0.3, 0.4) is 0 Å². The molecule has 1 aromatic heterocycles. The van der Waals surface area contributed by atoms with Gasteiger partial charge in [0.15, 0.2) is 0 Å². The predicted molar refractivity (Wildman–Crippen MR) is 72.8 cm³/mol. The standard InChI is InChI=1S/C13H15BrFN3/c1-16-12(13-5-6-17-18(13)2)7-9-3-4-10(14)8-11(9)15/h3-6,8,12,16H,7H2,1-2H3. The summed E-state index contributed by atoms with van der Waals surface area (Å²) in [5.41, 5.74) is 1.73. The molecule has 18 heavy (non-hydrogen) atoms. The Bertz CT molecular complexity index is 539. The molecule has 0 saturated heterocycles. The first-order chi connectivity index (χ1) is 8.61. The Morgan fingerprint density at radius 3 is 2.78 bits per heavy atom. The topological polar surface area (TPSA) is 29.9 Å². The average molecular weight is 312 g/mol. The lowest BCUT2D eigenvalue weighted by molar-refractivity contribution is 0.519. The van der Waals surface area contributed by atoms with Crippen molar-refractivity contribution in [2.75, 3.05) is 7.05 Å². The Kier molecular flexibility index (Phi) is 4.14. The van der Waals surface area contributed by atoms with Crippen molar-refractivity contribution in [3.63, 3.8) is 0 Å². The number of rotatable bonds is 4. The van der Waals surface area contributed by atoms with Crippen molar-refractivity contribution in [3.8, 4) is 0 Å². The molecule has 1 heterocycles. The Morgan fingerprint density at radius 1 is 1.44 bits per heavy atom. The van der Waals surface area contributed by atoms with Crippen molar-refractivity contribution in [2.45, 2.75) is 12.5 Å². The van der Waals surface area contributed by atoms with Gasteiger partial charge in [-0.05, 0) is 37.2 Å². The zero-order valence-corrected chi connectivity index (χ0v) is 11.9. The van der Waals surface area contributed by atoms with Crippen LogP contribution >= 0.6 is 15.9 Å². The summed E-state index contributed by atoms with van der Waals surface area (Å²) < 4.78 is 16.4. The Balaban J connectivity index is 2.23. The lowest BCUT2D eigenvalue weighted by Gasteiger charge is -2.17. The number of hydrogen-bond acceptors (Lipinski definition) is 2. The Labute approximate surface area is 114 Å². The van der Waals surface area contributed by atoms with Crippen molar-refractivity contribution in [2.24, 2.45) is 7.05 Å². The van der Waals surface area contributed by atoms with Gasteiger partial charge in [-0.3, -0.25) is 4.68 Å². The van der Waals surface area contributed by atoms with Gasteiger partial charge in [-0.1, -0.05) is 22.0 Å². The summed E-state index contributed by atoms with van der Waals surface area (Å²) in [7, 11) is 3.76. The summed E-state index contributed by atoms with van der Waals surface area (Å²) in [6.07, 6.45) is 2.34. The SMILES string of the molecule is CNC(Cc1ccc(Br)cc1F)c1ccnn1C. The van der Waals surface area contributed by atoms with Crippen molar-refractivity contribution in [1.82, 2.24) is 15.1 Å². The third-order valence-corrected chi connectivity index (χ3v) is 3.50. The van der Waals surface area contributed by atoms with E-state index in [1.165, 1.54) is 6.07 Å². The molecule has 0 aliphatic carbocycles. The quantitative estimate of drug-likeness (QED) is 0.941. The summed E-state index contributed by atoms with van der Waals surface area (Å²) in [6.45, 7) is 0. The average Bonchev–Trinajstić information content (AvgIpc) is 2.75.